The maximum absolute atomic E-state index is 13.6. The van der Waals surface area contributed by atoms with Gasteiger partial charge in [0.15, 0.2) is 0 Å². The van der Waals surface area contributed by atoms with Crippen LogP contribution in [0.4, 0.5) is 5.69 Å². The van der Waals surface area contributed by atoms with Crippen LogP contribution in [0, 0.1) is 13.8 Å². The Labute approximate surface area is 203 Å². The predicted octanol–water partition coefficient (Wildman–Crippen LogP) is 5.37. The first-order valence-corrected chi connectivity index (χ1v) is 12.9. The van der Waals surface area contributed by atoms with Crippen LogP contribution in [0.25, 0.3) is 0 Å². The van der Waals surface area contributed by atoms with E-state index in [1.807, 2.05) is 51.1 Å². The van der Waals surface area contributed by atoms with Gasteiger partial charge in [-0.15, -0.1) is 0 Å². The van der Waals surface area contributed by atoms with Crippen LogP contribution in [-0.2, 0) is 20.2 Å². The van der Waals surface area contributed by atoms with Gasteiger partial charge >= 0.3 is 0 Å². The van der Waals surface area contributed by atoms with Crippen molar-refractivity contribution in [2.24, 2.45) is 0 Å². The third-order valence-corrected chi connectivity index (χ3v) is 7.79. The van der Waals surface area contributed by atoms with Crippen molar-refractivity contribution in [2.45, 2.75) is 57.4 Å². The zero-order valence-corrected chi connectivity index (χ0v) is 21.4. The lowest BCUT2D eigenvalue weighted by Gasteiger charge is -2.30. The number of hydrogen-bond acceptors (Lipinski definition) is 3. The minimum atomic E-state index is -3.93. The fourth-order valence-corrected chi connectivity index (χ4v) is 5.89. The van der Waals surface area contributed by atoms with Crippen LogP contribution in [-0.4, -0.2) is 26.9 Å². The van der Waals surface area contributed by atoms with Crippen LogP contribution in [0.15, 0.2) is 83.8 Å². The lowest BCUT2D eigenvalue weighted by molar-refractivity contribution is -0.120. The molecular formula is C28H34N2O3S. The Morgan fingerprint density at radius 2 is 1.53 bits per heavy atom. The molecule has 0 heterocycles. The summed E-state index contributed by atoms with van der Waals surface area (Å²) in [6.45, 7) is 9.76. The summed E-state index contributed by atoms with van der Waals surface area (Å²) in [5.41, 5.74) is 3.38. The molecule has 0 fully saturated rings. The van der Waals surface area contributed by atoms with E-state index in [2.05, 4.69) is 31.3 Å². The molecule has 0 spiro atoms. The van der Waals surface area contributed by atoms with Crippen LogP contribution in [0.5, 0.6) is 0 Å². The molecule has 3 aromatic carbocycles. The normalized spacial score (nSPS) is 12.7. The molecule has 5 nitrogen and oxygen atoms in total. The fraction of sp³-hybridized carbons (Fsp3) is 0.321. The van der Waals surface area contributed by atoms with Gasteiger partial charge in [-0.05, 0) is 61.9 Å². The van der Waals surface area contributed by atoms with E-state index < -0.39 is 10.0 Å². The van der Waals surface area contributed by atoms with Crippen molar-refractivity contribution in [3.63, 3.8) is 0 Å². The topological polar surface area (TPSA) is 66.5 Å². The molecule has 0 aliphatic rings. The Bertz CT molecular complexity index is 1220. The standard InChI is InChI=1S/C28H34N2O3S/c1-21-16-17-26(22(2)18-21)30(34(32,33)25-14-10-7-11-15-25)20-27(31)29-23(3)19-28(4,5)24-12-8-6-9-13-24/h6-18,23H,19-20H2,1-5H3,(H,29,31). The second-order valence-corrected chi connectivity index (χ2v) is 11.4. The molecule has 0 radical (unpaired) electrons. The summed E-state index contributed by atoms with van der Waals surface area (Å²) in [5, 5.41) is 3.02. The number of carbonyl (C=O) groups excluding carboxylic acids is 1. The Kier molecular flexibility index (Phi) is 7.82. The third kappa shape index (κ3) is 6.06. The average molecular weight is 479 g/mol. The molecule has 1 unspecified atom stereocenters. The monoisotopic (exact) mass is 478 g/mol. The molecule has 1 N–H and O–H groups in total. The van der Waals surface area contributed by atoms with Crippen molar-refractivity contribution in [2.75, 3.05) is 10.8 Å². The van der Waals surface area contributed by atoms with Gasteiger partial charge in [-0.2, -0.15) is 0 Å². The Hall–Kier alpha value is -3.12. The van der Waals surface area contributed by atoms with Gasteiger partial charge in [-0.3, -0.25) is 9.10 Å². The highest BCUT2D eigenvalue weighted by Gasteiger charge is 2.29. The Balaban J connectivity index is 1.83. The minimum Gasteiger partial charge on any atom is -0.352 e. The van der Waals surface area contributed by atoms with E-state index in [4.69, 9.17) is 0 Å². The van der Waals surface area contributed by atoms with Crippen molar-refractivity contribution < 1.29 is 13.2 Å². The maximum Gasteiger partial charge on any atom is 0.264 e. The molecule has 3 aromatic rings. The second kappa shape index (κ2) is 10.4. The number of benzene rings is 3. The lowest BCUT2D eigenvalue weighted by Crippen LogP contribution is -2.45. The molecule has 180 valence electrons. The van der Waals surface area contributed by atoms with Crippen LogP contribution in [0.2, 0.25) is 0 Å². The number of aryl methyl sites for hydroxylation is 2. The first-order chi connectivity index (χ1) is 16.0. The summed E-state index contributed by atoms with van der Waals surface area (Å²) in [7, 11) is -3.93. The number of nitrogens with zero attached hydrogens (tertiary/aromatic N) is 1. The summed E-state index contributed by atoms with van der Waals surface area (Å²) < 4.78 is 28.3. The third-order valence-electron chi connectivity index (χ3n) is 6.02. The van der Waals surface area contributed by atoms with Gasteiger partial charge in [0.25, 0.3) is 10.0 Å². The van der Waals surface area contributed by atoms with Gasteiger partial charge in [0, 0.05) is 6.04 Å². The SMILES string of the molecule is Cc1ccc(N(CC(=O)NC(C)CC(C)(C)c2ccccc2)S(=O)(=O)c2ccccc2)c(C)c1. The van der Waals surface area contributed by atoms with Crippen molar-refractivity contribution in [1.29, 1.82) is 0 Å². The van der Waals surface area contributed by atoms with Crippen molar-refractivity contribution in [3.05, 3.63) is 95.6 Å². The number of sulfonamides is 1. The van der Waals surface area contributed by atoms with Crippen molar-refractivity contribution >= 4 is 21.6 Å². The highest BCUT2D eigenvalue weighted by molar-refractivity contribution is 7.92. The fourth-order valence-electron chi connectivity index (χ4n) is 4.38. The number of amides is 1. The highest BCUT2D eigenvalue weighted by Crippen LogP contribution is 2.29. The van der Waals surface area contributed by atoms with E-state index in [0.29, 0.717) is 5.69 Å². The summed E-state index contributed by atoms with van der Waals surface area (Å²) in [6.07, 6.45) is 0.720. The Morgan fingerprint density at radius 1 is 0.941 bits per heavy atom. The number of anilines is 1. The molecular weight excluding hydrogens is 444 g/mol. The molecule has 0 saturated carbocycles. The van der Waals surface area contributed by atoms with Gasteiger partial charge in [0.05, 0.1) is 10.6 Å². The molecule has 0 bridgehead atoms. The van der Waals surface area contributed by atoms with Crippen LogP contribution in [0.1, 0.15) is 43.9 Å². The largest absolute Gasteiger partial charge is 0.352 e. The van der Waals surface area contributed by atoms with Crippen LogP contribution < -0.4 is 9.62 Å². The summed E-state index contributed by atoms with van der Waals surface area (Å²) in [6, 6.07) is 23.8. The summed E-state index contributed by atoms with van der Waals surface area (Å²) in [5.74, 6) is -0.337. The first kappa shape index (κ1) is 25.5. The van der Waals surface area contributed by atoms with Crippen molar-refractivity contribution in [3.8, 4) is 0 Å². The van der Waals surface area contributed by atoms with Gasteiger partial charge in [0.1, 0.15) is 6.54 Å². The molecule has 1 amide bonds. The predicted molar refractivity (Wildman–Crippen MR) is 139 cm³/mol. The molecule has 0 aliphatic heterocycles. The molecule has 1 atom stereocenters. The smallest absolute Gasteiger partial charge is 0.264 e. The molecule has 0 aromatic heterocycles. The average Bonchev–Trinajstić information content (AvgIpc) is 2.78. The number of nitrogens with one attached hydrogen (secondary N) is 1. The number of hydrogen-bond donors (Lipinski definition) is 1. The molecule has 34 heavy (non-hydrogen) atoms. The molecule has 0 saturated heterocycles. The zero-order chi connectivity index (χ0) is 24.9. The van der Waals surface area contributed by atoms with E-state index in [9.17, 15) is 13.2 Å². The molecule has 0 aliphatic carbocycles. The van der Waals surface area contributed by atoms with E-state index in [1.165, 1.54) is 9.87 Å². The highest BCUT2D eigenvalue weighted by atomic mass is 32.2. The lowest BCUT2D eigenvalue weighted by atomic mass is 9.79. The van der Waals surface area contributed by atoms with Gasteiger partial charge in [0.2, 0.25) is 5.91 Å². The Morgan fingerprint density at radius 3 is 2.12 bits per heavy atom. The van der Waals surface area contributed by atoms with Crippen LogP contribution in [0.3, 0.4) is 0 Å². The molecule has 3 rings (SSSR count). The zero-order valence-electron chi connectivity index (χ0n) is 20.6. The van der Waals surface area contributed by atoms with Gasteiger partial charge in [-0.25, -0.2) is 8.42 Å². The van der Waals surface area contributed by atoms with E-state index >= 15 is 0 Å². The van der Waals surface area contributed by atoms with E-state index in [1.54, 1.807) is 36.4 Å². The van der Waals surface area contributed by atoms with Gasteiger partial charge in [-0.1, -0.05) is 80.1 Å². The second-order valence-electron chi connectivity index (χ2n) is 9.54. The van der Waals surface area contributed by atoms with E-state index in [-0.39, 0.29) is 28.8 Å². The van der Waals surface area contributed by atoms with E-state index in [0.717, 1.165) is 17.5 Å². The van der Waals surface area contributed by atoms with Gasteiger partial charge < -0.3 is 5.32 Å². The number of rotatable bonds is 9. The van der Waals surface area contributed by atoms with Crippen LogP contribution >= 0.6 is 0 Å². The summed E-state index contributed by atoms with van der Waals surface area (Å²) in [4.78, 5) is 13.3. The summed E-state index contributed by atoms with van der Waals surface area (Å²) >= 11 is 0. The minimum absolute atomic E-state index is 0.136. The first-order valence-electron chi connectivity index (χ1n) is 11.5. The van der Waals surface area contributed by atoms with Crippen molar-refractivity contribution in [1.82, 2.24) is 5.32 Å². The maximum atomic E-state index is 13.6. The number of carbonyl (C=O) groups is 1. The molecule has 6 heteroatoms. The quantitative estimate of drug-likeness (QED) is 0.450.